The molecule has 0 heterocycles. The first-order chi connectivity index (χ1) is 9.25. The fraction of sp³-hybridized carbons (Fsp3) is 0.917. The lowest BCUT2D eigenvalue weighted by atomic mass is 10.1. The first-order valence-electron chi connectivity index (χ1n) is 6.71. The Balaban J connectivity index is 2.25. The molecule has 0 atom stereocenters. The van der Waals surface area contributed by atoms with Crippen molar-refractivity contribution in [2.45, 2.75) is 56.7 Å². The Labute approximate surface area is 114 Å². The van der Waals surface area contributed by atoms with Crippen LogP contribution in [0.5, 0.6) is 0 Å². The fourth-order valence-corrected chi connectivity index (χ4v) is 2.18. The summed E-state index contributed by atoms with van der Waals surface area (Å²) in [6.45, 7) is -0.0641. The first-order valence-corrected chi connectivity index (χ1v) is 6.71. The summed E-state index contributed by atoms with van der Waals surface area (Å²) in [5, 5.41) is 4.68. The normalized spacial score (nSPS) is 18.6. The van der Waals surface area contributed by atoms with Crippen LogP contribution < -0.4 is 10.6 Å². The molecule has 0 bridgehead atoms. The third kappa shape index (κ3) is 4.88. The second kappa shape index (κ2) is 7.19. The molecule has 0 aromatic heterocycles. The summed E-state index contributed by atoms with van der Waals surface area (Å²) in [6.07, 6.45) is 0.552. The van der Waals surface area contributed by atoms with Crippen molar-refractivity contribution in [3.8, 4) is 0 Å². The number of rotatable bonds is 5. The molecule has 118 valence electrons. The van der Waals surface area contributed by atoms with Crippen LogP contribution in [0, 0.1) is 0 Å². The van der Waals surface area contributed by atoms with Gasteiger partial charge >= 0.3 is 12.1 Å². The zero-order valence-electron chi connectivity index (χ0n) is 11.0. The van der Waals surface area contributed by atoms with Gasteiger partial charge in [-0.2, -0.15) is 22.0 Å². The zero-order chi connectivity index (χ0) is 15.2. The van der Waals surface area contributed by atoms with Crippen LogP contribution in [-0.2, 0) is 4.79 Å². The van der Waals surface area contributed by atoms with Crippen molar-refractivity contribution in [2.24, 2.45) is 0 Å². The molecule has 20 heavy (non-hydrogen) atoms. The van der Waals surface area contributed by atoms with Crippen LogP contribution in [0.4, 0.5) is 22.0 Å². The molecule has 0 unspecified atom stereocenters. The molecule has 0 radical (unpaired) electrons. The Kier molecular flexibility index (Phi) is 6.16. The maximum Gasteiger partial charge on any atom is 0.463 e. The van der Waals surface area contributed by atoms with E-state index in [0.29, 0.717) is 0 Å². The monoisotopic (exact) mass is 302 g/mol. The minimum Gasteiger partial charge on any atom is -0.349 e. The van der Waals surface area contributed by atoms with Gasteiger partial charge in [-0.15, -0.1) is 0 Å². The van der Waals surface area contributed by atoms with Gasteiger partial charge in [0.1, 0.15) is 0 Å². The highest BCUT2D eigenvalue weighted by Gasteiger charge is 2.63. The van der Waals surface area contributed by atoms with E-state index in [4.69, 9.17) is 0 Å². The van der Waals surface area contributed by atoms with E-state index in [-0.39, 0.29) is 19.1 Å². The largest absolute Gasteiger partial charge is 0.463 e. The van der Waals surface area contributed by atoms with E-state index in [1.165, 1.54) is 0 Å². The summed E-state index contributed by atoms with van der Waals surface area (Å²) in [6, 6.07) is 0.248. The van der Waals surface area contributed by atoms with E-state index in [1.54, 1.807) is 5.32 Å². The van der Waals surface area contributed by atoms with E-state index in [2.05, 4.69) is 5.32 Å². The minimum atomic E-state index is -5.86. The molecule has 2 N–H and O–H groups in total. The molecule has 0 saturated heterocycles. The van der Waals surface area contributed by atoms with Gasteiger partial charge in [0, 0.05) is 19.1 Å². The van der Waals surface area contributed by atoms with E-state index < -0.39 is 18.0 Å². The van der Waals surface area contributed by atoms with Crippen molar-refractivity contribution < 1.29 is 26.7 Å². The van der Waals surface area contributed by atoms with Crippen molar-refractivity contribution in [1.82, 2.24) is 10.6 Å². The summed E-state index contributed by atoms with van der Waals surface area (Å²) >= 11 is 0. The Morgan fingerprint density at radius 1 is 0.950 bits per heavy atom. The second-order valence-corrected chi connectivity index (χ2v) is 4.97. The van der Waals surface area contributed by atoms with Crippen LogP contribution in [-0.4, -0.2) is 37.1 Å². The van der Waals surface area contributed by atoms with Gasteiger partial charge in [-0.05, 0) is 12.8 Å². The second-order valence-electron chi connectivity index (χ2n) is 4.97. The number of hydrogen-bond acceptors (Lipinski definition) is 2. The molecule has 3 nitrogen and oxygen atoms in total. The molecular formula is C12H19F5N2O. The van der Waals surface area contributed by atoms with Crippen LogP contribution in [0.25, 0.3) is 0 Å². The average molecular weight is 302 g/mol. The Morgan fingerprint density at radius 2 is 1.50 bits per heavy atom. The molecule has 1 rings (SSSR count). The van der Waals surface area contributed by atoms with Crippen LogP contribution in [0.1, 0.15) is 38.5 Å². The highest BCUT2D eigenvalue weighted by molar-refractivity contribution is 5.84. The molecular weight excluding hydrogens is 283 g/mol. The van der Waals surface area contributed by atoms with Crippen LogP contribution in [0.15, 0.2) is 0 Å². The summed E-state index contributed by atoms with van der Waals surface area (Å²) in [4.78, 5) is 10.8. The van der Waals surface area contributed by atoms with E-state index in [9.17, 15) is 26.7 Å². The third-order valence-corrected chi connectivity index (χ3v) is 3.34. The van der Waals surface area contributed by atoms with Gasteiger partial charge < -0.3 is 10.6 Å². The molecule has 1 amide bonds. The van der Waals surface area contributed by atoms with E-state index >= 15 is 0 Å². The molecule has 0 spiro atoms. The molecule has 1 fully saturated rings. The lowest BCUT2D eigenvalue weighted by Crippen LogP contribution is -2.51. The highest BCUT2D eigenvalue weighted by atomic mass is 19.4. The standard InChI is InChI=1S/C12H19F5N2O/c13-11(14,12(15,16)17)10(20)19-8-7-18-9-5-3-1-2-4-6-9/h9,18H,1-8H2,(H,19,20). The average Bonchev–Trinajstić information content (AvgIpc) is 2.61. The lowest BCUT2D eigenvalue weighted by Gasteiger charge is -2.20. The summed E-state index contributed by atoms with van der Waals surface area (Å²) in [5.41, 5.74) is 0. The SMILES string of the molecule is O=C(NCCNC1CCCCCC1)C(F)(F)C(F)(F)F. The number of alkyl halides is 5. The van der Waals surface area contributed by atoms with Gasteiger partial charge in [0.25, 0.3) is 5.91 Å². The number of nitrogens with one attached hydrogen (secondary N) is 2. The predicted molar refractivity (Wildman–Crippen MR) is 63.5 cm³/mol. The number of amides is 1. The van der Waals surface area contributed by atoms with Gasteiger partial charge in [0.2, 0.25) is 0 Å². The number of carbonyl (C=O) groups is 1. The Hall–Kier alpha value is -0.920. The molecule has 8 heteroatoms. The van der Waals surface area contributed by atoms with Crippen LogP contribution in [0.2, 0.25) is 0 Å². The van der Waals surface area contributed by atoms with Gasteiger partial charge in [-0.1, -0.05) is 25.7 Å². The molecule has 1 saturated carbocycles. The number of halogens is 5. The summed E-state index contributed by atoms with van der Waals surface area (Å²) in [5.74, 6) is -7.64. The topological polar surface area (TPSA) is 41.1 Å². The highest BCUT2D eigenvalue weighted by Crippen LogP contribution is 2.35. The third-order valence-electron chi connectivity index (χ3n) is 3.34. The fourth-order valence-electron chi connectivity index (χ4n) is 2.18. The van der Waals surface area contributed by atoms with Crippen molar-refractivity contribution >= 4 is 5.91 Å². The lowest BCUT2D eigenvalue weighted by molar-refractivity contribution is -0.269. The Morgan fingerprint density at radius 3 is 2.00 bits per heavy atom. The van der Waals surface area contributed by atoms with Crippen molar-refractivity contribution in [1.29, 1.82) is 0 Å². The van der Waals surface area contributed by atoms with Gasteiger partial charge in [0.15, 0.2) is 0 Å². The maximum atomic E-state index is 12.6. The predicted octanol–water partition coefficient (Wildman–Crippen LogP) is 2.61. The maximum absolute atomic E-state index is 12.6. The summed E-state index contributed by atoms with van der Waals surface area (Å²) < 4.78 is 60.9. The van der Waals surface area contributed by atoms with Gasteiger partial charge in [-0.25, -0.2) is 0 Å². The van der Waals surface area contributed by atoms with E-state index in [0.717, 1.165) is 38.5 Å². The molecule has 1 aliphatic carbocycles. The number of hydrogen-bond donors (Lipinski definition) is 2. The van der Waals surface area contributed by atoms with Gasteiger partial charge in [-0.3, -0.25) is 4.79 Å². The van der Waals surface area contributed by atoms with E-state index in [1.807, 2.05) is 0 Å². The molecule has 0 aromatic rings. The zero-order valence-corrected chi connectivity index (χ0v) is 11.0. The van der Waals surface area contributed by atoms with Crippen molar-refractivity contribution in [2.75, 3.05) is 13.1 Å². The smallest absolute Gasteiger partial charge is 0.349 e. The minimum absolute atomic E-state index is 0.185. The van der Waals surface area contributed by atoms with Crippen LogP contribution >= 0.6 is 0 Å². The van der Waals surface area contributed by atoms with Gasteiger partial charge in [0.05, 0.1) is 0 Å². The van der Waals surface area contributed by atoms with Crippen LogP contribution in [0.3, 0.4) is 0 Å². The first kappa shape index (κ1) is 17.1. The quantitative estimate of drug-likeness (QED) is 0.466. The summed E-state index contributed by atoms with van der Waals surface area (Å²) in [7, 11) is 0. The molecule has 0 aliphatic heterocycles. The van der Waals surface area contributed by atoms with Crippen molar-refractivity contribution in [3.05, 3.63) is 0 Å². The molecule has 0 aromatic carbocycles. The Bertz CT molecular complexity index is 311. The number of carbonyl (C=O) groups excluding carboxylic acids is 1. The molecule has 1 aliphatic rings. The van der Waals surface area contributed by atoms with Crippen molar-refractivity contribution in [3.63, 3.8) is 0 Å².